The molecule has 2 rings (SSSR count). The Morgan fingerprint density at radius 1 is 1.41 bits per heavy atom. The lowest BCUT2D eigenvalue weighted by Gasteiger charge is -1.97. The third-order valence-corrected chi connectivity index (χ3v) is 1.85. The molecular formula is C10H10N6O. The molecule has 7 nitrogen and oxygen atoms in total. The van der Waals surface area contributed by atoms with Gasteiger partial charge in [0.05, 0.1) is 6.26 Å². The second kappa shape index (κ2) is 4.97. The third kappa shape index (κ3) is 2.33. The summed E-state index contributed by atoms with van der Waals surface area (Å²) in [5.74, 6) is 1.52. The fourth-order valence-electron chi connectivity index (χ4n) is 1.17. The zero-order chi connectivity index (χ0) is 12.1. The maximum Gasteiger partial charge on any atom is 0.259 e. The third-order valence-electron chi connectivity index (χ3n) is 1.85. The van der Waals surface area contributed by atoms with Gasteiger partial charge in [-0.15, -0.1) is 5.10 Å². The molecule has 0 atom stereocenters. The van der Waals surface area contributed by atoms with E-state index in [4.69, 9.17) is 4.74 Å². The Morgan fingerprint density at radius 2 is 2.18 bits per heavy atom. The van der Waals surface area contributed by atoms with Crippen LogP contribution in [0.4, 0.5) is 0 Å². The Hall–Kier alpha value is -2.57. The van der Waals surface area contributed by atoms with Gasteiger partial charge in [-0.3, -0.25) is 10.1 Å². The standard InChI is InChI=1S/C10H10N6O/c1-3-17-10(11-2)9-14-8(15-16-9)7-12-5-4-6-13-7/h3-6H,1H2,2H3,(H,14,15,16). The number of rotatable bonds is 3. The van der Waals surface area contributed by atoms with Gasteiger partial charge in [-0.25, -0.2) is 9.97 Å². The van der Waals surface area contributed by atoms with Crippen LogP contribution >= 0.6 is 0 Å². The summed E-state index contributed by atoms with van der Waals surface area (Å²) in [7, 11) is 1.58. The number of aromatic amines is 1. The Morgan fingerprint density at radius 3 is 2.82 bits per heavy atom. The fourth-order valence-corrected chi connectivity index (χ4v) is 1.17. The Balaban J connectivity index is 2.30. The first-order valence-electron chi connectivity index (χ1n) is 4.79. The van der Waals surface area contributed by atoms with Crippen LogP contribution < -0.4 is 0 Å². The van der Waals surface area contributed by atoms with Crippen molar-refractivity contribution in [3.05, 3.63) is 37.1 Å². The minimum absolute atomic E-state index is 0.301. The van der Waals surface area contributed by atoms with E-state index in [1.54, 1.807) is 25.5 Å². The molecule has 0 radical (unpaired) electrons. The Labute approximate surface area is 97.3 Å². The minimum atomic E-state index is 0.301. The maximum atomic E-state index is 5.07. The van der Waals surface area contributed by atoms with E-state index in [1.165, 1.54) is 6.26 Å². The van der Waals surface area contributed by atoms with Crippen LogP contribution in [0.1, 0.15) is 5.82 Å². The van der Waals surface area contributed by atoms with E-state index in [9.17, 15) is 0 Å². The first-order chi connectivity index (χ1) is 8.35. The monoisotopic (exact) mass is 230 g/mol. The number of hydrogen-bond donors (Lipinski definition) is 1. The molecule has 0 fully saturated rings. The smallest absolute Gasteiger partial charge is 0.259 e. The molecule has 0 saturated heterocycles. The quantitative estimate of drug-likeness (QED) is 0.478. The van der Waals surface area contributed by atoms with Crippen LogP contribution in [0.2, 0.25) is 0 Å². The molecule has 17 heavy (non-hydrogen) atoms. The van der Waals surface area contributed by atoms with Crippen molar-refractivity contribution < 1.29 is 4.74 Å². The van der Waals surface area contributed by atoms with Gasteiger partial charge in [0, 0.05) is 19.4 Å². The van der Waals surface area contributed by atoms with Crippen LogP contribution in [-0.2, 0) is 4.74 Å². The van der Waals surface area contributed by atoms with Crippen molar-refractivity contribution in [1.82, 2.24) is 25.1 Å². The molecule has 2 aromatic heterocycles. The molecule has 0 aliphatic heterocycles. The van der Waals surface area contributed by atoms with E-state index in [-0.39, 0.29) is 0 Å². The largest absolute Gasteiger partial charge is 0.445 e. The van der Waals surface area contributed by atoms with Crippen molar-refractivity contribution >= 4 is 5.90 Å². The molecule has 0 aliphatic carbocycles. The topological polar surface area (TPSA) is 88.9 Å². The summed E-state index contributed by atoms with van der Waals surface area (Å²) in [5.41, 5.74) is 0. The first-order valence-corrected chi connectivity index (χ1v) is 4.79. The highest BCUT2D eigenvalue weighted by atomic mass is 16.5. The average Bonchev–Trinajstić information content (AvgIpc) is 2.86. The van der Waals surface area contributed by atoms with Gasteiger partial charge in [-0.05, 0) is 6.07 Å². The van der Waals surface area contributed by atoms with E-state index >= 15 is 0 Å². The first kappa shape index (κ1) is 10.9. The Bertz CT molecular complexity index is 533. The van der Waals surface area contributed by atoms with Crippen LogP contribution in [0.15, 0.2) is 36.3 Å². The van der Waals surface area contributed by atoms with Gasteiger partial charge in [-0.2, -0.15) is 4.98 Å². The van der Waals surface area contributed by atoms with Crippen LogP contribution in [0, 0.1) is 0 Å². The fraction of sp³-hybridized carbons (Fsp3) is 0.100. The molecule has 0 unspecified atom stereocenters. The zero-order valence-corrected chi connectivity index (χ0v) is 9.16. The van der Waals surface area contributed by atoms with Crippen molar-refractivity contribution in [3.63, 3.8) is 0 Å². The number of H-pyrrole nitrogens is 1. The molecule has 0 bridgehead atoms. The highest BCUT2D eigenvalue weighted by Crippen LogP contribution is 2.07. The van der Waals surface area contributed by atoms with Gasteiger partial charge in [0.25, 0.3) is 5.90 Å². The van der Waals surface area contributed by atoms with Gasteiger partial charge in [0.2, 0.25) is 11.6 Å². The maximum absolute atomic E-state index is 5.07. The minimum Gasteiger partial charge on any atom is -0.445 e. The van der Waals surface area contributed by atoms with Gasteiger partial charge < -0.3 is 4.74 Å². The van der Waals surface area contributed by atoms with Crippen molar-refractivity contribution in [2.75, 3.05) is 7.05 Å². The second-order valence-electron chi connectivity index (χ2n) is 2.89. The summed E-state index contributed by atoms with van der Waals surface area (Å²) in [6, 6.07) is 1.72. The van der Waals surface area contributed by atoms with Gasteiger partial charge in [-0.1, -0.05) is 6.58 Å². The average molecular weight is 230 g/mol. The summed E-state index contributed by atoms with van der Waals surface area (Å²) >= 11 is 0. The predicted octanol–water partition coefficient (Wildman–Crippen LogP) is 0.798. The number of nitrogens with zero attached hydrogens (tertiary/aromatic N) is 5. The van der Waals surface area contributed by atoms with E-state index in [0.29, 0.717) is 23.4 Å². The number of aliphatic imine (C=N–C) groups is 1. The van der Waals surface area contributed by atoms with E-state index < -0.39 is 0 Å². The van der Waals surface area contributed by atoms with Gasteiger partial charge >= 0.3 is 0 Å². The molecule has 86 valence electrons. The Kier molecular flexibility index (Phi) is 3.20. The van der Waals surface area contributed by atoms with E-state index in [2.05, 4.69) is 36.7 Å². The summed E-state index contributed by atoms with van der Waals surface area (Å²) < 4.78 is 5.07. The zero-order valence-electron chi connectivity index (χ0n) is 9.16. The van der Waals surface area contributed by atoms with Gasteiger partial charge in [0.15, 0.2) is 5.82 Å². The van der Waals surface area contributed by atoms with Crippen molar-refractivity contribution in [2.45, 2.75) is 0 Å². The highest BCUT2D eigenvalue weighted by Gasteiger charge is 2.12. The normalized spacial score (nSPS) is 11.2. The van der Waals surface area contributed by atoms with E-state index in [1.807, 2.05) is 0 Å². The lowest BCUT2D eigenvalue weighted by Crippen LogP contribution is -2.05. The number of aromatic nitrogens is 5. The SMILES string of the molecule is C=COC(=NC)c1nc(-c2ncccn2)n[nH]1. The molecule has 0 amide bonds. The second-order valence-corrected chi connectivity index (χ2v) is 2.89. The molecule has 0 aliphatic rings. The molecule has 0 saturated carbocycles. The molecule has 2 aromatic rings. The van der Waals surface area contributed by atoms with Crippen LogP contribution in [0.3, 0.4) is 0 Å². The van der Waals surface area contributed by atoms with Crippen LogP contribution in [0.25, 0.3) is 11.6 Å². The molecule has 0 spiro atoms. The predicted molar refractivity (Wildman–Crippen MR) is 61.2 cm³/mol. The summed E-state index contributed by atoms with van der Waals surface area (Å²) in [5, 5.41) is 6.68. The molecule has 2 heterocycles. The van der Waals surface area contributed by atoms with Crippen LogP contribution in [0.5, 0.6) is 0 Å². The summed E-state index contributed by atoms with van der Waals surface area (Å²) in [4.78, 5) is 16.2. The van der Waals surface area contributed by atoms with E-state index in [0.717, 1.165) is 0 Å². The number of hydrogen-bond acceptors (Lipinski definition) is 6. The molecule has 0 aromatic carbocycles. The summed E-state index contributed by atoms with van der Waals surface area (Å²) in [6.07, 6.45) is 4.50. The van der Waals surface area contributed by atoms with Crippen molar-refractivity contribution in [1.29, 1.82) is 0 Å². The number of nitrogens with one attached hydrogen (secondary N) is 1. The molecule has 1 N–H and O–H groups in total. The lowest BCUT2D eigenvalue weighted by atomic mass is 10.5. The lowest BCUT2D eigenvalue weighted by molar-refractivity contribution is 0.471. The number of ether oxygens (including phenoxy) is 1. The highest BCUT2D eigenvalue weighted by molar-refractivity contribution is 5.90. The molecule has 7 heteroatoms. The summed E-state index contributed by atoms with van der Waals surface area (Å²) in [6.45, 7) is 3.45. The van der Waals surface area contributed by atoms with Crippen LogP contribution in [-0.4, -0.2) is 38.1 Å². The van der Waals surface area contributed by atoms with Gasteiger partial charge in [0.1, 0.15) is 0 Å². The molecular weight excluding hydrogens is 220 g/mol. The van der Waals surface area contributed by atoms with Crippen molar-refractivity contribution in [2.24, 2.45) is 4.99 Å². The van der Waals surface area contributed by atoms with Crippen molar-refractivity contribution in [3.8, 4) is 11.6 Å².